The van der Waals surface area contributed by atoms with Crippen molar-refractivity contribution in [1.82, 2.24) is 0 Å². The van der Waals surface area contributed by atoms with Gasteiger partial charge in [-0.2, -0.15) is 0 Å². The molecule has 2 N–H and O–H groups in total. The molecule has 0 unspecified atom stereocenters. The molecule has 0 amide bonds. The fourth-order valence-electron chi connectivity index (χ4n) is 2.55. The van der Waals surface area contributed by atoms with Gasteiger partial charge in [0.1, 0.15) is 23.1 Å². The van der Waals surface area contributed by atoms with Gasteiger partial charge in [0.2, 0.25) is 0 Å². The van der Waals surface area contributed by atoms with Crippen LogP contribution in [0.1, 0.15) is 24.2 Å². The zero-order chi connectivity index (χ0) is 14.8. The SMILES string of the molecule is NCCc1cc(F)c(N(Cc2ccco2)C2CC2)c(F)c1. The van der Waals surface area contributed by atoms with Gasteiger partial charge < -0.3 is 15.1 Å². The quantitative estimate of drug-likeness (QED) is 0.889. The minimum Gasteiger partial charge on any atom is -0.467 e. The van der Waals surface area contributed by atoms with Crippen LogP contribution in [0.25, 0.3) is 0 Å². The molecule has 1 saturated carbocycles. The normalized spacial score (nSPS) is 14.4. The van der Waals surface area contributed by atoms with E-state index < -0.39 is 11.6 Å². The summed E-state index contributed by atoms with van der Waals surface area (Å²) in [5.74, 6) is -0.361. The van der Waals surface area contributed by atoms with E-state index in [1.807, 2.05) is 6.07 Å². The van der Waals surface area contributed by atoms with Crippen molar-refractivity contribution in [2.75, 3.05) is 11.4 Å². The van der Waals surface area contributed by atoms with Gasteiger partial charge in [0.25, 0.3) is 0 Å². The van der Waals surface area contributed by atoms with Gasteiger partial charge in [-0.25, -0.2) is 8.78 Å². The summed E-state index contributed by atoms with van der Waals surface area (Å²) in [5, 5.41) is 0. The van der Waals surface area contributed by atoms with E-state index in [-0.39, 0.29) is 11.7 Å². The summed E-state index contributed by atoms with van der Waals surface area (Å²) in [7, 11) is 0. The lowest BCUT2D eigenvalue weighted by molar-refractivity contribution is 0.493. The Morgan fingerprint density at radius 1 is 1.24 bits per heavy atom. The molecule has 2 aromatic rings. The van der Waals surface area contributed by atoms with Crippen molar-refractivity contribution in [3.8, 4) is 0 Å². The first kappa shape index (κ1) is 14.1. The summed E-state index contributed by atoms with van der Waals surface area (Å²) in [5.41, 5.74) is 6.06. The highest BCUT2D eigenvalue weighted by atomic mass is 19.1. The van der Waals surface area contributed by atoms with Crippen LogP contribution in [-0.2, 0) is 13.0 Å². The van der Waals surface area contributed by atoms with Crippen LogP contribution in [0, 0.1) is 11.6 Å². The predicted octanol–water partition coefficient (Wildman–Crippen LogP) is 3.23. The Kier molecular flexibility index (Phi) is 3.92. The van der Waals surface area contributed by atoms with Crippen LogP contribution < -0.4 is 10.6 Å². The molecule has 0 radical (unpaired) electrons. The fourth-order valence-corrected chi connectivity index (χ4v) is 2.55. The molecule has 112 valence electrons. The van der Waals surface area contributed by atoms with Crippen LogP contribution in [0.3, 0.4) is 0 Å². The first-order valence-electron chi connectivity index (χ1n) is 7.16. The summed E-state index contributed by atoms with van der Waals surface area (Å²) >= 11 is 0. The third-order valence-corrected chi connectivity index (χ3v) is 3.69. The van der Waals surface area contributed by atoms with Gasteiger partial charge in [0, 0.05) is 6.04 Å². The van der Waals surface area contributed by atoms with E-state index in [1.54, 1.807) is 17.2 Å². The van der Waals surface area contributed by atoms with Crippen molar-refractivity contribution >= 4 is 5.69 Å². The Morgan fingerprint density at radius 3 is 2.48 bits per heavy atom. The predicted molar refractivity (Wildman–Crippen MR) is 77.0 cm³/mol. The minimum atomic E-state index is -0.531. The van der Waals surface area contributed by atoms with E-state index in [2.05, 4.69) is 0 Å². The van der Waals surface area contributed by atoms with Crippen LogP contribution in [0.15, 0.2) is 34.9 Å². The highest BCUT2D eigenvalue weighted by Gasteiger charge is 2.33. The number of halogens is 2. The summed E-state index contributed by atoms with van der Waals surface area (Å²) in [6, 6.07) is 6.52. The standard InChI is InChI=1S/C16H18F2N2O/c17-14-8-11(5-6-19)9-15(18)16(14)20(12-3-4-12)10-13-2-1-7-21-13/h1-2,7-9,12H,3-6,10,19H2. The lowest BCUT2D eigenvalue weighted by Gasteiger charge is -2.25. The summed E-state index contributed by atoms with van der Waals surface area (Å²) in [6.07, 6.45) is 3.93. The number of rotatable bonds is 6. The van der Waals surface area contributed by atoms with E-state index in [4.69, 9.17) is 10.2 Å². The number of hydrogen-bond acceptors (Lipinski definition) is 3. The highest BCUT2D eigenvalue weighted by molar-refractivity contribution is 5.53. The number of nitrogens with two attached hydrogens (primary N) is 1. The minimum absolute atomic E-state index is 0.0367. The van der Waals surface area contributed by atoms with Crippen LogP contribution >= 0.6 is 0 Å². The molecule has 1 heterocycles. The second-order valence-electron chi connectivity index (χ2n) is 5.39. The summed E-state index contributed by atoms with van der Waals surface area (Å²) in [4.78, 5) is 1.76. The number of anilines is 1. The third kappa shape index (κ3) is 3.08. The zero-order valence-corrected chi connectivity index (χ0v) is 11.7. The van der Waals surface area contributed by atoms with Gasteiger partial charge in [0.15, 0.2) is 0 Å². The largest absolute Gasteiger partial charge is 0.467 e. The Bertz CT molecular complexity index is 586. The van der Waals surface area contributed by atoms with E-state index in [0.29, 0.717) is 30.8 Å². The molecule has 1 aromatic heterocycles. The van der Waals surface area contributed by atoms with Crippen LogP contribution in [0.4, 0.5) is 14.5 Å². The Labute approximate surface area is 122 Å². The molecule has 3 rings (SSSR count). The maximum absolute atomic E-state index is 14.3. The van der Waals surface area contributed by atoms with Crippen molar-refractivity contribution in [2.45, 2.75) is 31.8 Å². The monoisotopic (exact) mass is 292 g/mol. The number of benzene rings is 1. The molecular formula is C16H18F2N2O. The molecule has 1 aliphatic rings. The molecule has 1 aliphatic carbocycles. The van der Waals surface area contributed by atoms with E-state index in [1.165, 1.54) is 12.1 Å². The first-order chi connectivity index (χ1) is 10.2. The lowest BCUT2D eigenvalue weighted by atomic mass is 10.1. The molecule has 3 nitrogen and oxygen atoms in total. The molecule has 0 spiro atoms. The third-order valence-electron chi connectivity index (χ3n) is 3.69. The topological polar surface area (TPSA) is 42.4 Å². The lowest BCUT2D eigenvalue weighted by Crippen LogP contribution is -2.27. The Balaban J connectivity index is 1.92. The van der Waals surface area contributed by atoms with Crippen molar-refractivity contribution in [3.63, 3.8) is 0 Å². The number of nitrogens with zero attached hydrogens (tertiary/aromatic N) is 1. The molecular weight excluding hydrogens is 274 g/mol. The van der Waals surface area contributed by atoms with Gasteiger partial charge in [-0.3, -0.25) is 0 Å². The first-order valence-corrected chi connectivity index (χ1v) is 7.16. The molecule has 0 atom stereocenters. The fraction of sp³-hybridized carbons (Fsp3) is 0.375. The Morgan fingerprint density at radius 2 is 1.95 bits per heavy atom. The molecule has 5 heteroatoms. The average Bonchev–Trinajstić information content (AvgIpc) is 3.15. The molecule has 0 saturated heterocycles. The van der Waals surface area contributed by atoms with Gasteiger partial charge in [-0.05, 0) is 55.6 Å². The highest BCUT2D eigenvalue weighted by Crippen LogP contribution is 2.36. The molecule has 1 aromatic carbocycles. The van der Waals surface area contributed by atoms with E-state index in [9.17, 15) is 8.78 Å². The average molecular weight is 292 g/mol. The second-order valence-corrected chi connectivity index (χ2v) is 5.39. The maximum atomic E-state index is 14.3. The van der Waals surface area contributed by atoms with Gasteiger partial charge in [0.05, 0.1) is 12.8 Å². The molecule has 1 fully saturated rings. The second kappa shape index (κ2) is 5.85. The smallest absolute Gasteiger partial charge is 0.149 e. The van der Waals surface area contributed by atoms with Gasteiger partial charge >= 0.3 is 0 Å². The summed E-state index contributed by atoms with van der Waals surface area (Å²) < 4.78 is 34.0. The molecule has 0 aliphatic heterocycles. The van der Waals surface area contributed by atoms with Crippen molar-refractivity contribution in [3.05, 3.63) is 53.5 Å². The number of hydrogen-bond donors (Lipinski definition) is 1. The maximum Gasteiger partial charge on any atom is 0.149 e. The zero-order valence-electron chi connectivity index (χ0n) is 11.7. The van der Waals surface area contributed by atoms with Crippen LogP contribution in [0.5, 0.6) is 0 Å². The van der Waals surface area contributed by atoms with Gasteiger partial charge in [-0.15, -0.1) is 0 Å². The molecule has 21 heavy (non-hydrogen) atoms. The Hall–Kier alpha value is -1.88. The van der Waals surface area contributed by atoms with E-state index >= 15 is 0 Å². The van der Waals surface area contributed by atoms with Crippen LogP contribution in [-0.4, -0.2) is 12.6 Å². The van der Waals surface area contributed by atoms with Crippen molar-refractivity contribution < 1.29 is 13.2 Å². The van der Waals surface area contributed by atoms with Crippen LogP contribution in [0.2, 0.25) is 0 Å². The molecule has 0 bridgehead atoms. The van der Waals surface area contributed by atoms with E-state index in [0.717, 1.165) is 12.8 Å². The van der Waals surface area contributed by atoms with Gasteiger partial charge in [-0.1, -0.05) is 0 Å². The number of furan rings is 1. The summed E-state index contributed by atoms with van der Waals surface area (Å²) in [6.45, 7) is 0.749. The van der Waals surface area contributed by atoms with Crippen molar-refractivity contribution in [1.29, 1.82) is 0 Å². The van der Waals surface area contributed by atoms with Crippen molar-refractivity contribution in [2.24, 2.45) is 5.73 Å².